The van der Waals surface area contributed by atoms with Crippen LogP contribution in [0.3, 0.4) is 0 Å². The molecule has 0 spiro atoms. The van der Waals surface area contributed by atoms with Crippen LogP contribution < -0.4 is 0 Å². The molecule has 0 aromatic heterocycles. The van der Waals surface area contributed by atoms with Gasteiger partial charge in [0.05, 0.1) is 17.6 Å². The summed E-state index contributed by atoms with van der Waals surface area (Å²) in [6.45, 7) is 7.93. The lowest BCUT2D eigenvalue weighted by Gasteiger charge is -2.23. The predicted octanol–water partition coefficient (Wildman–Crippen LogP) is 3.98. The highest BCUT2D eigenvalue weighted by Gasteiger charge is 2.85. The summed E-state index contributed by atoms with van der Waals surface area (Å²) >= 11 is 0. The number of fused-ring (bicyclic) bond motifs is 1. The molecule has 102 valence electrons. The Morgan fingerprint density at radius 1 is 1.16 bits per heavy atom. The lowest BCUT2D eigenvalue weighted by Crippen LogP contribution is -2.34. The van der Waals surface area contributed by atoms with Crippen molar-refractivity contribution in [3.05, 3.63) is 35.4 Å². The van der Waals surface area contributed by atoms with Gasteiger partial charge in [-0.3, -0.25) is 4.90 Å². The van der Waals surface area contributed by atoms with E-state index in [1.807, 2.05) is 0 Å². The summed E-state index contributed by atoms with van der Waals surface area (Å²) in [5.41, 5.74) is 2.28. The van der Waals surface area contributed by atoms with E-state index >= 15 is 0 Å². The molecule has 1 aliphatic carbocycles. The van der Waals surface area contributed by atoms with Gasteiger partial charge < -0.3 is 0 Å². The Morgan fingerprint density at radius 3 is 2.11 bits per heavy atom. The third-order valence-corrected chi connectivity index (χ3v) is 5.66. The molecule has 4 atom stereocenters. The monoisotopic (exact) mass is 259 g/mol. The second-order valence-electron chi connectivity index (χ2n) is 7.69. The number of halogens is 1. The van der Waals surface area contributed by atoms with Crippen molar-refractivity contribution in [2.75, 3.05) is 0 Å². The first-order valence-electron chi connectivity index (χ1n) is 7.36. The summed E-state index contributed by atoms with van der Waals surface area (Å²) in [5, 5.41) is 0. The SMILES string of the molecule is CC1(c2ccc(C3N4C(C(C)(C)F)C34C)cc2)CC1. The molecule has 0 amide bonds. The van der Waals surface area contributed by atoms with Crippen LogP contribution in [0.25, 0.3) is 0 Å². The van der Waals surface area contributed by atoms with Crippen molar-refractivity contribution in [2.45, 2.75) is 69.2 Å². The van der Waals surface area contributed by atoms with Crippen molar-refractivity contribution in [3.63, 3.8) is 0 Å². The van der Waals surface area contributed by atoms with Crippen LogP contribution >= 0.6 is 0 Å². The Labute approximate surface area is 114 Å². The summed E-state index contributed by atoms with van der Waals surface area (Å²) in [4.78, 5) is 2.31. The molecular weight excluding hydrogens is 237 g/mol. The highest BCUT2D eigenvalue weighted by molar-refractivity contribution is 5.48. The second-order valence-corrected chi connectivity index (χ2v) is 7.69. The summed E-state index contributed by atoms with van der Waals surface area (Å²) in [6, 6.07) is 9.63. The maximum absolute atomic E-state index is 14.0. The molecule has 3 aliphatic rings. The van der Waals surface area contributed by atoms with Gasteiger partial charge in [-0.05, 0) is 50.2 Å². The average Bonchev–Trinajstić information content (AvgIpc) is 3.20. The Kier molecular flexibility index (Phi) is 1.91. The average molecular weight is 259 g/mol. The van der Waals surface area contributed by atoms with Crippen LogP contribution in [0.15, 0.2) is 24.3 Å². The molecule has 4 rings (SSSR count). The Balaban J connectivity index is 1.52. The molecule has 1 nitrogen and oxygen atoms in total. The molecule has 19 heavy (non-hydrogen) atoms. The normalized spacial score (nSPS) is 41.6. The zero-order chi connectivity index (χ0) is 13.6. The van der Waals surface area contributed by atoms with Gasteiger partial charge in [0.25, 0.3) is 0 Å². The van der Waals surface area contributed by atoms with E-state index in [1.165, 1.54) is 24.0 Å². The molecule has 3 fully saturated rings. The van der Waals surface area contributed by atoms with Gasteiger partial charge >= 0.3 is 0 Å². The minimum atomic E-state index is -1.08. The van der Waals surface area contributed by atoms with Crippen molar-refractivity contribution >= 4 is 0 Å². The summed E-state index contributed by atoms with van der Waals surface area (Å²) in [5.74, 6) is 0. The standard InChI is InChI=1S/C17H22FN/c1-15(2,18)14-17(4)13(19(14)17)11-5-7-12(8-6-11)16(3)9-10-16/h5-8,13-14H,9-10H2,1-4H3. The largest absolute Gasteiger partial charge is 0.277 e. The van der Waals surface area contributed by atoms with Crippen molar-refractivity contribution in [1.29, 1.82) is 0 Å². The number of hydrogen-bond acceptors (Lipinski definition) is 1. The highest BCUT2D eigenvalue weighted by atomic mass is 19.1. The van der Waals surface area contributed by atoms with Crippen molar-refractivity contribution in [1.82, 2.24) is 4.90 Å². The van der Waals surface area contributed by atoms with Crippen LogP contribution in [-0.4, -0.2) is 22.1 Å². The van der Waals surface area contributed by atoms with Crippen LogP contribution in [0.1, 0.15) is 57.7 Å². The summed E-state index contributed by atoms with van der Waals surface area (Å²) in [7, 11) is 0. The van der Waals surface area contributed by atoms with Crippen LogP contribution in [0.2, 0.25) is 0 Å². The number of benzene rings is 1. The van der Waals surface area contributed by atoms with Gasteiger partial charge in [0.2, 0.25) is 0 Å². The molecule has 0 radical (unpaired) electrons. The third-order valence-electron chi connectivity index (χ3n) is 5.66. The van der Waals surface area contributed by atoms with E-state index in [0.717, 1.165) is 0 Å². The predicted molar refractivity (Wildman–Crippen MR) is 75.0 cm³/mol. The van der Waals surface area contributed by atoms with Crippen molar-refractivity contribution in [3.8, 4) is 0 Å². The first-order valence-corrected chi connectivity index (χ1v) is 7.36. The van der Waals surface area contributed by atoms with Crippen molar-refractivity contribution in [2.24, 2.45) is 0 Å². The molecule has 2 heterocycles. The lowest BCUT2D eigenvalue weighted by atomic mass is 9.87. The van der Waals surface area contributed by atoms with Crippen LogP contribution in [0.5, 0.6) is 0 Å². The number of alkyl halides is 1. The summed E-state index contributed by atoms with van der Waals surface area (Å²) in [6.07, 6.45) is 2.63. The minimum absolute atomic E-state index is 0.0866. The highest BCUT2D eigenvalue weighted by Crippen LogP contribution is 2.74. The smallest absolute Gasteiger partial charge is 0.122 e. The fourth-order valence-corrected chi connectivity index (χ4v) is 4.14. The Bertz CT molecular complexity index is 537. The first kappa shape index (κ1) is 11.9. The molecule has 0 bridgehead atoms. The molecular formula is C17H22FN. The van der Waals surface area contributed by atoms with Gasteiger partial charge in [-0.25, -0.2) is 4.39 Å². The summed E-state index contributed by atoms with van der Waals surface area (Å²) < 4.78 is 14.0. The van der Waals surface area contributed by atoms with E-state index in [-0.39, 0.29) is 11.6 Å². The molecule has 0 N–H and O–H groups in total. The first-order chi connectivity index (χ1) is 8.78. The molecule has 1 aromatic carbocycles. The van der Waals surface area contributed by atoms with Gasteiger partial charge in [0, 0.05) is 0 Å². The Hall–Kier alpha value is -0.890. The molecule has 4 unspecified atom stereocenters. The molecule has 2 aliphatic heterocycles. The van der Waals surface area contributed by atoms with Crippen LogP contribution in [0.4, 0.5) is 4.39 Å². The zero-order valence-electron chi connectivity index (χ0n) is 12.2. The van der Waals surface area contributed by atoms with Gasteiger partial charge in [-0.1, -0.05) is 31.2 Å². The van der Waals surface area contributed by atoms with Gasteiger partial charge in [0.1, 0.15) is 5.67 Å². The molecule has 2 heteroatoms. The van der Waals surface area contributed by atoms with Crippen molar-refractivity contribution < 1.29 is 4.39 Å². The van der Waals surface area contributed by atoms with E-state index in [9.17, 15) is 4.39 Å². The quantitative estimate of drug-likeness (QED) is 0.742. The van der Waals surface area contributed by atoms with E-state index in [4.69, 9.17) is 0 Å². The van der Waals surface area contributed by atoms with E-state index in [1.54, 1.807) is 13.8 Å². The van der Waals surface area contributed by atoms with Gasteiger partial charge in [-0.2, -0.15) is 0 Å². The van der Waals surface area contributed by atoms with Gasteiger partial charge in [-0.15, -0.1) is 0 Å². The van der Waals surface area contributed by atoms with E-state index < -0.39 is 5.67 Å². The fraction of sp³-hybridized carbons (Fsp3) is 0.647. The number of rotatable bonds is 3. The molecule has 1 aromatic rings. The maximum atomic E-state index is 14.0. The maximum Gasteiger partial charge on any atom is 0.122 e. The zero-order valence-corrected chi connectivity index (χ0v) is 12.2. The van der Waals surface area contributed by atoms with E-state index in [0.29, 0.717) is 11.5 Å². The topological polar surface area (TPSA) is 3.01 Å². The van der Waals surface area contributed by atoms with Crippen LogP contribution in [0, 0.1) is 0 Å². The van der Waals surface area contributed by atoms with Crippen LogP contribution in [-0.2, 0) is 5.41 Å². The lowest BCUT2D eigenvalue weighted by molar-refractivity contribution is 0.162. The fourth-order valence-electron chi connectivity index (χ4n) is 4.14. The molecule has 2 saturated heterocycles. The van der Waals surface area contributed by atoms with E-state index in [2.05, 4.69) is 43.0 Å². The second kappa shape index (κ2) is 3.06. The number of hydrogen-bond donors (Lipinski definition) is 0. The Morgan fingerprint density at radius 2 is 1.68 bits per heavy atom. The number of nitrogens with zero attached hydrogens (tertiary/aromatic N) is 1. The minimum Gasteiger partial charge on any atom is -0.277 e. The third kappa shape index (κ3) is 1.44. The van der Waals surface area contributed by atoms with Gasteiger partial charge in [0.15, 0.2) is 0 Å². The molecule has 1 saturated carbocycles.